The van der Waals surface area contributed by atoms with Crippen LogP contribution in [0.5, 0.6) is 0 Å². The molecule has 6 heteroatoms. The van der Waals surface area contributed by atoms with Gasteiger partial charge in [-0.3, -0.25) is 0 Å². The van der Waals surface area contributed by atoms with Gasteiger partial charge in [0.25, 0.3) is 0 Å². The van der Waals surface area contributed by atoms with Gasteiger partial charge in [0.1, 0.15) is 0 Å². The van der Waals surface area contributed by atoms with Crippen LogP contribution < -0.4 is 0 Å². The third-order valence-electron chi connectivity index (χ3n) is 3.20. The number of hydrogen-bond acceptors (Lipinski definition) is 2. The van der Waals surface area contributed by atoms with Crippen LogP contribution in [0.15, 0.2) is 0 Å². The molecule has 1 aliphatic carbocycles. The van der Waals surface area contributed by atoms with Gasteiger partial charge in [-0.2, -0.15) is 13.2 Å². The highest BCUT2D eigenvalue weighted by Gasteiger charge is 2.50. The van der Waals surface area contributed by atoms with E-state index in [1.807, 2.05) is 0 Å². The van der Waals surface area contributed by atoms with Crippen molar-refractivity contribution < 1.29 is 21.6 Å². The van der Waals surface area contributed by atoms with Gasteiger partial charge in [0.15, 0.2) is 9.84 Å². The molecular formula is C10H17F3O2S. The summed E-state index contributed by atoms with van der Waals surface area (Å²) < 4.78 is 61.8. The Morgan fingerprint density at radius 3 is 2.06 bits per heavy atom. The lowest BCUT2D eigenvalue weighted by Crippen LogP contribution is -2.43. The Hall–Kier alpha value is -0.260. The van der Waals surface area contributed by atoms with Crippen molar-refractivity contribution in [3.63, 3.8) is 0 Å². The summed E-state index contributed by atoms with van der Waals surface area (Å²) >= 11 is 0. The van der Waals surface area contributed by atoms with Crippen LogP contribution in [0.3, 0.4) is 0 Å². The summed E-state index contributed by atoms with van der Waals surface area (Å²) in [6.45, 7) is 2.88. The molecule has 96 valence electrons. The van der Waals surface area contributed by atoms with Crippen molar-refractivity contribution in [1.29, 1.82) is 0 Å². The van der Waals surface area contributed by atoms with Gasteiger partial charge in [0, 0.05) is 0 Å². The first kappa shape index (κ1) is 13.8. The van der Waals surface area contributed by atoms with E-state index in [4.69, 9.17) is 0 Å². The number of hydrogen-bond donors (Lipinski definition) is 0. The van der Waals surface area contributed by atoms with E-state index < -0.39 is 32.4 Å². The Bertz CT molecular complexity index is 332. The van der Waals surface area contributed by atoms with Gasteiger partial charge in [-0.25, -0.2) is 8.42 Å². The highest BCUT2D eigenvalue weighted by molar-refractivity contribution is 7.92. The molecule has 0 N–H and O–H groups in total. The molecule has 1 fully saturated rings. The maximum absolute atomic E-state index is 12.7. The monoisotopic (exact) mass is 258 g/mol. The molecule has 0 heterocycles. The van der Waals surface area contributed by atoms with Crippen LogP contribution in [0.4, 0.5) is 13.2 Å². The first-order valence-corrected chi connectivity index (χ1v) is 7.07. The predicted octanol–water partition coefficient (Wildman–Crippen LogP) is 2.93. The van der Waals surface area contributed by atoms with Crippen molar-refractivity contribution in [2.24, 2.45) is 5.92 Å². The van der Waals surface area contributed by atoms with E-state index in [2.05, 4.69) is 0 Å². The number of rotatable bonds is 2. The molecule has 0 aromatic carbocycles. The summed E-state index contributed by atoms with van der Waals surface area (Å²) in [7, 11) is -3.65. The van der Waals surface area contributed by atoms with Gasteiger partial charge in [0.2, 0.25) is 0 Å². The van der Waals surface area contributed by atoms with Crippen molar-refractivity contribution in [2.75, 3.05) is 0 Å². The van der Waals surface area contributed by atoms with Gasteiger partial charge in [-0.15, -0.1) is 0 Å². The molecular weight excluding hydrogens is 241 g/mol. The van der Waals surface area contributed by atoms with Crippen LogP contribution in [0.25, 0.3) is 0 Å². The van der Waals surface area contributed by atoms with Crippen molar-refractivity contribution in [3.8, 4) is 0 Å². The number of alkyl halides is 3. The number of sulfone groups is 1. The lowest BCUT2D eigenvalue weighted by atomic mass is 9.88. The van der Waals surface area contributed by atoms with E-state index in [1.165, 1.54) is 13.8 Å². The van der Waals surface area contributed by atoms with Crippen molar-refractivity contribution in [2.45, 2.75) is 56.2 Å². The zero-order valence-corrected chi connectivity index (χ0v) is 10.2. The van der Waals surface area contributed by atoms with Gasteiger partial charge in [-0.1, -0.05) is 12.8 Å². The average Bonchev–Trinajstić information content (AvgIpc) is 2.16. The molecule has 0 saturated heterocycles. The second kappa shape index (κ2) is 4.55. The summed E-state index contributed by atoms with van der Waals surface area (Å²) in [6.07, 6.45) is -3.27. The molecule has 0 spiro atoms. The summed E-state index contributed by atoms with van der Waals surface area (Å²) in [5, 5.41) is -1.97. The second-order valence-electron chi connectivity index (χ2n) is 4.61. The van der Waals surface area contributed by atoms with Crippen LogP contribution in [0.2, 0.25) is 0 Å². The molecule has 2 unspecified atom stereocenters. The lowest BCUT2D eigenvalue weighted by Gasteiger charge is -2.33. The van der Waals surface area contributed by atoms with Crippen molar-refractivity contribution in [1.82, 2.24) is 0 Å². The molecule has 1 saturated carbocycles. The third-order valence-corrected chi connectivity index (χ3v) is 5.92. The molecule has 2 atom stereocenters. The minimum absolute atomic E-state index is 0.0554. The van der Waals surface area contributed by atoms with Crippen LogP contribution in [0, 0.1) is 5.92 Å². The molecule has 0 aliphatic heterocycles. The fourth-order valence-electron chi connectivity index (χ4n) is 2.21. The van der Waals surface area contributed by atoms with E-state index >= 15 is 0 Å². The van der Waals surface area contributed by atoms with Crippen LogP contribution in [-0.4, -0.2) is 25.1 Å². The fraction of sp³-hybridized carbons (Fsp3) is 1.00. The summed E-state index contributed by atoms with van der Waals surface area (Å²) in [6, 6.07) is 0. The fourth-order valence-corrected chi connectivity index (χ4v) is 4.16. The van der Waals surface area contributed by atoms with Crippen molar-refractivity contribution >= 4 is 9.84 Å². The largest absolute Gasteiger partial charge is 0.393 e. The second-order valence-corrected chi connectivity index (χ2v) is 7.34. The minimum Gasteiger partial charge on any atom is -0.228 e. The maximum Gasteiger partial charge on any atom is 0.393 e. The first-order chi connectivity index (χ1) is 7.17. The molecule has 0 radical (unpaired) electrons. The Labute approximate surface area is 94.1 Å². The lowest BCUT2D eigenvalue weighted by molar-refractivity contribution is -0.180. The predicted molar refractivity (Wildman–Crippen MR) is 55.9 cm³/mol. The molecule has 0 amide bonds. The standard InChI is InChI=1S/C10H17F3O2S/c1-7(2)16(14,15)9-6-4-3-5-8(9)10(11,12)13/h7-9H,3-6H2,1-2H3. The van der Waals surface area contributed by atoms with E-state index in [0.29, 0.717) is 12.8 Å². The Kier molecular flexibility index (Phi) is 3.92. The van der Waals surface area contributed by atoms with Crippen LogP contribution in [-0.2, 0) is 9.84 Å². The highest BCUT2D eigenvalue weighted by Crippen LogP contribution is 2.41. The summed E-state index contributed by atoms with van der Waals surface area (Å²) in [5.41, 5.74) is 0. The molecule has 0 aromatic rings. The molecule has 2 nitrogen and oxygen atoms in total. The van der Waals surface area contributed by atoms with Gasteiger partial charge < -0.3 is 0 Å². The molecule has 0 aromatic heterocycles. The highest BCUT2D eigenvalue weighted by atomic mass is 32.2. The third kappa shape index (κ3) is 2.70. The smallest absolute Gasteiger partial charge is 0.228 e. The van der Waals surface area contributed by atoms with Gasteiger partial charge in [-0.05, 0) is 26.7 Å². The SMILES string of the molecule is CC(C)S(=O)(=O)C1CCCCC1C(F)(F)F. The van der Waals surface area contributed by atoms with Crippen molar-refractivity contribution in [3.05, 3.63) is 0 Å². The Balaban J connectivity index is 3.00. The van der Waals surface area contributed by atoms with Crippen LogP contribution in [0.1, 0.15) is 39.5 Å². The van der Waals surface area contributed by atoms with Crippen LogP contribution >= 0.6 is 0 Å². The summed E-state index contributed by atoms with van der Waals surface area (Å²) in [5.74, 6) is -1.67. The average molecular weight is 258 g/mol. The van der Waals surface area contributed by atoms with E-state index in [9.17, 15) is 21.6 Å². The topological polar surface area (TPSA) is 34.1 Å². The quantitative estimate of drug-likeness (QED) is 0.763. The number of halogens is 3. The maximum atomic E-state index is 12.7. The molecule has 16 heavy (non-hydrogen) atoms. The Morgan fingerprint density at radius 1 is 1.12 bits per heavy atom. The van der Waals surface area contributed by atoms with Gasteiger partial charge >= 0.3 is 6.18 Å². The zero-order chi connectivity index (χ0) is 12.6. The molecule has 1 aliphatic rings. The Morgan fingerprint density at radius 2 is 1.62 bits per heavy atom. The molecule has 0 bridgehead atoms. The van der Waals surface area contributed by atoms with E-state index in [1.54, 1.807) is 0 Å². The summed E-state index contributed by atoms with van der Waals surface area (Å²) in [4.78, 5) is 0. The minimum atomic E-state index is -4.40. The molecule has 1 rings (SSSR count). The van der Waals surface area contributed by atoms with E-state index in [0.717, 1.165) is 0 Å². The zero-order valence-electron chi connectivity index (χ0n) is 9.42. The normalized spacial score (nSPS) is 28.4. The first-order valence-electron chi connectivity index (χ1n) is 5.46. The van der Waals surface area contributed by atoms with E-state index in [-0.39, 0.29) is 12.8 Å². The van der Waals surface area contributed by atoms with Gasteiger partial charge in [0.05, 0.1) is 16.4 Å².